The molecule has 2 unspecified atom stereocenters. The van der Waals surface area contributed by atoms with Gasteiger partial charge in [0, 0.05) is 6.92 Å². The van der Waals surface area contributed by atoms with Crippen molar-refractivity contribution in [3.63, 3.8) is 0 Å². The molecule has 1 aliphatic heterocycles. The minimum Gasteiger partial charge on any atom is -0.510 e. The largest absolute Gasteiger partial charge is 0.510 e. The van der Waals surface area contributed by atoms with Crippen LogP contribution < -0.4 is 0 Å². The van der Waals surface area contributed by atoms with Crippen LogP contribution in [0.4, 0.5) is 0 Å². The molecule has 4 nitrogen and oxygen atoms in total. The summed E-state index contributed by atoms with van der Waals surface area (Å²) in [6, 6.07) is 0. The van der Waals surface area contributed by atoms with E-state index in [1.807, 2.05) is 6.08 Å². The molecule has 0 amide bonds. The van der Waals surface area contributed by atoms with E-state index in [9.17, 15) is 5.11 Å². The summed E-state index contributed by atoms with van der Waals surface area (Å²) < 4.78 is 5.64. The molecule has 0 saturated carbocycles. The van der Waals surface area contributed by atoms with E-state index in [4.69, 9.17) is 14.6 Å². The van der Waals surface area contributed by atoms with Crippen LogP contribution in [0.2, 0.25) is 0 Å². The predicted octanol–water partition coefficient (Wildman–Crippen LogP) is 2.89. The topological polar surface area (TPSA) is 70.1 Å². The van der Waals surface area contributed by atoms with Crippen LogP contribution in [0.25, 0.3) is 0 Å². The Labute approximate surface area is 102 Å². The summed E-state index contributed by atoms with van der Waals surface area (Å²) in [5.41, 5.74) is 0.267. The molecule has 2 aliphatic rings. The van der Waals surface area contributed by atoms with E-state index in [0.29, 0.717) is 5.76 Å². The molecule has 0 spiro atoms. The Morgan fingerprint density at radius 3 is 2.59 bits per heavy atom. The molecule has 2 atom stereocenters. The van der Waals surface area contributed by atoms with Crippen LogP contribution in [0, 0.1) is 5.41 Å². The summed E-state index contributed by atoms with van der Waals surface area (Å²) in [5, 5.41) is 16.9. The number of allylic oxidation sites excluding steroid dienone is 1. The molecular weight excluding hydrogens is 220 g/mol. The molecule has 1 heterocycles. The molecule has 0 aromatic carbocycles. The Morgan fingerprint density at radius 1 is 1.59 bits per heavy atom. The van der Waals surface area contributed by atoms with Crippen molar-refractivity contribution in [2.75, 3.05) is 0 Å². The lowest BCUT2D eigenvalue weighted by Crippen LogP contribution is -2.26. The van der Waals surface area contributed by atoms with Gasteiger partial charge in [0.2, 0.25) is 0 Å². The first kappa shape index (κ1) is 14.0. The maximum Gasteiger partial charge on any atom is 0.300 e. The van der Waals surface area contributed by atoms with Gasteiger partial charge in [-0.05, 0) is 30.8 Å². The van der Waals surface area contributed by atoms with E-state index < -0.39 is 5.97 Å². The highest BCUT2D eigenvalue weighted by Gasteiger charge is 2.60. The maximum atomic E-state index is 9.52. The highest BCUT2D eigenvalue weighted by Crippen LogP contribution is 2.53. The van der Waals surface area contributed by atoms with Gasteiger partial charge in [-0.2, -0.15) is 0 Å². The van der Waals surface area contributed by atoms with Crippen LogP contribution >= 0.6 is 0 Å². The number of rotatable bonds is 1. The van der Waals surface area contributed by atoms with Crippen molar-refractivity contribution in [3.8, 4) is 0 Å². The van der Waals surface area contributed by atoms with E-state index in [0.717, 1.165) is 26.2 Å². The predicted molar refractivity (Wildman–Crippen MR) is 64.9 cm³/mol. The van der Waals surface area contributed by atoms with E-state index in [1.54, 1.807) is 0 Å². The summed E-state index contributed by atoms with van der Waals surface area (Å²) >= 11 is 0. The first-order chi connectivity index (χ1) is 7.66. The van der Waals surface area contributed by atoms with Gasteiger partial charge in [-0.3, -0.25) is 4.79 Å². The summed E-state index contributed by atoms with van der Waals surface area (Å²) in [7, 11) is 0. The molecule has 1 fully saturated rings. The number of carbonyl (C=O) groups is 1. The van der Waals surface area contributed by atoms with Gasteiger partial charge >= 0.3 is 0 Å². The molecule has 0 bridgehead atoms. The zero-order chi connectivity index (χ0) is 13.3. The standard InChI is InChI=1S/C11H18O2.C2H4O2/c1-10(2,3)7-11-6-4-5-8(12)9(11)13-11;1-2(3)4/h5,9,12H,4,6-7H2,1-3H3;1H3,(H,3,4). The smallest absolute Gasteiger partial charge is 0.300 e. The van der Waals surface area contributed by atoms with Crippen molar-refractivity contribution < 1.29 is 19.7 Å². The van der Waals surface area contributed by atoms with E-state index in [1.165, 1.54) is 0 Å². The van der Waals surface area contributed by atoms with Gasteiger partial charge < -0.3 is 14.9 Å². The van der Waals surface area contributed by atoms with Crippen LogP contribution in [-0.2, 0) is 9.53 Å². The van der Waals surface area contributed by atoms with Crippen LogP contribution in [0.3, 0.4) is 0 Å². The van der Waals surface area contributed by atoms with Gasteiger partial charge in [0.05, 0.1) is 0 Å². The molecule has 0 radical (unpaired) electrons. The summed E-state index contributed by atoms with van der Waals surface area (Å²) in [4.78, 5) is 9.00. The second kappa shape index (κ2) is 4.69. The molecule has 2 rings (SSSR count). The van der Waals surface area contributed by atoms with Gasteiger partial charge in [-0.15, -0.1) is 0 Å². The van der Waals surface area contributed by atoms with Crippen molar-refractivity contribution in [3.05, 3.63) is 11.8 Å². The number of epoxide rings is 1. The average Bonchev–Trinajstić information content (AvgIpc) is 2.75. The normalized spacial score (nSPS) is 30.6. The molecule has 98 valence electrons. The lowest BCUT2D eigenvalue weighted by atomic mass is 9.79. The fourth-order valence-electron chi connectivity index (χ4n) is 2.41. The first-order valence-corrected chi connectivity index (χ1v) is 5.93. The van der Waals surface area contributed by atoms with Gasteiger partial charge in [-0.25, -0.2) is 0 Å². The van der Waals surface area contributed by atoms with E-state index in [2.05, 4.69) is 20.8 Å². The molecule has 1 saturated heterocycles. The minimum absolute atomic E-state index is 0.0143. The lowest BCUT2D eigenvalue weighted by molar-refractivity contribution is -0.134. The summed E-state index contributed by atoms with van der Waals surface area (Å²) in [5.74, 6) is -0.379. The highest BCUT2D eigenvalue weighted by atomic mass is 16.6. The number of carboxylic acids is 1. The molecular formula is C13H22O4. The third-order valence-electron chi connectivity index (χ3n) is 2.79. The van der Waals surface area contributed by atoms with Gasteiger partial charge in [0.25, 0.3) is 5.97 Å². The number of hydrogen-bond acceptors (Lipinski definition) is 3. The lowest BCUT2D eigenvalue weighted by Gasteiger charge is -2.25. The summed E-state index contributed by atoms with van der Waals surface area (Å²) in [6.07, 6.45) is 4.97. The Morgan fingerprint density at radius 2 is 2.12 bits per heavy atom. The van der Waals surface area contributed by atoms with Crippen LogP contribution in [0.15, 0.2) is 11.8 Å². The number of ether oxygens (including phenoxy) is 1. The quantitative estimate of drug-likeness (QED) is 0.694. The van der Waals surface area contributed by atoms with Crippen molar-refractivity contribution in [1.82, 2.24) is 0 Å². The zero-order valence-electron chi connectivity index (χ0n) is 11.0. The molecule has 0 aromatic heterocycles. The number of carboxylic acid groups (broad SMARTS) is 1. The number of fused-ring (bicyclic) bond motifs is 1. The minimum atomic E-state index is -0.833. The molecule has 0 aromatic rings. The van der Waals surface area contributed by atoms with Gasteiger partial charge in [0.15, 0.2) is 0 Å². The number of aliphatic carboxylic acids is 1. The van der Waals surface area contributed by atoms with Crippen LogP contribution in [0.1, 0.15) is 47.0 Å². The van der Waals surface area contributed by atoms with Crippen molar-refractivity contribution in [2.24, 2.45) is 5.41 Å². The first-order valence-electron chi connectivity index (χ1n) is 5.93. The number of hydrogen-bond donors (Lipinski definition) is 2. The van der Waals surface area contributed by atoms with Crippen molar-refractivity contribution in [1.29, 1.82) is 0 Å². The van der Waals surface area contributed by atoms with Crippen molar-refractivity contribution >= 4 is 5.97 Å². The molecule has 2 N–H and O–H groups in total. The van der Waals surface area contributed by atoms with Crippen molar-refractivity contribution in [2.45, 2.75) is 58.7 Å². The Balaban J connectivity index is 0.000000317. The maximum absolute atomic E-state index is 9.52. The monoisotopic (exact) mass is 242 g/mol. The van der Waals surface area contributed by atoms with Crippen LogP contribution in [-0.4, -0.2) is 27.9 Å². The number of aliphatic hydroxyl groups is 1. The molecule has 17 heavy (non-hydrogen) atoms. The fourth-order valence-corrected chi connectivity index (χ4v) is 2.41. The fraction of sp³-hybridized carbons (Fsp3) is 0.769. The SMILES string of the molecule is CC(=O)O.CC(C)(C)CC12CCC=C(O)C1O2. The third kappa shape index (κ3) is 4.04. The van der Waals surface area contributed by atoms with Gasteiger partial charge in [-0.1, -0.05) is 20.8 Å². The second-order valence-electron chi connectivity index (χ2n) is 5.99. The molecule has 1 aliphatic carbocycles. The third-order valence-corrected chi connectivity index (χ3v) is 2.79. The second-order valence-corrected chi connectivity index (χ2v) is 5.99. The summed E-state index contributed by atoms with van der Waals surface area (Å²) in [6.45, 7) is 7.74. The Hall–Kier alpha value is -1.03. The van der Waals surface area contributed by atoms with E-state index in [-0.39, 0.29) is 17.1 Å². The average molecular weight is 242 g/mol. The Kier molecular flexibility index (Phi) is 3.87. The van der Waals surface area contributed by atoms with Gasteiger partial charge in [0.1, 0.15) is 17.5 Å². The Bertz CT molecular complexity index is 323. The highest BCUT2D eigenvalue weighted by molar-refractivity contribution is 5.62. The van der Waals surface area contributed by atoms with Crippen LogP contribution in [0.5, 0.6) is 0 Å². The van der Waals surface area contributed by atoms with E-state index >= 15 is 0 Å². The molecule has 4 heteroatoms. The number of aliphatic hydroxyl groups excluding tert-OH is 1. The zero-order valence-corrected chi connectivity index (χ0v) is 11.0.